The normalized spacial score (nSPS) is 11.9. The molecule has 0 unspecified atom stereocenters. The van der Waals surface area contributed by atoms with Crippen molar-refractivity contribution in [2.45, 2.75) is 13.5 Å². The van der Waals surface area contributed by atoms with Crippen LogP contribution in [0.1, 0.15) is 22.3 Å². The van der Waals surface area contributed by atoms with Crippen LogP contribution >= 0.6 is 0 Å². The fraction of sp³-hybridized carbons (Fsp3) is 0.286. The Morgan fingerprint density at radius 3 is 2.43 bits per heavy atom. The number of amides is 1. The van der Waals surface area contributed by atoms with Crippen LogP contribution in [0.5, 0.6) is 0 Å². The molecule has 148 valence electrons. The van der Waals surface area contributed by atoms with Crippen molar-refractivity contribution in [2.24, 2.45) is 10.3 Å². The highest BCUT2D eigenvalue weighted by Crippen LogP contribution is 2.18. The van der Waals surface area contributed by atoms with E-state index >= 15 is 0 Å². The summed E-state index contributed by atoms with van der Waals surface area (Å²) in [6.45, 7) is 2.43. The summed E-state index contributed by atoms with van der Waals surface area (Å²) in [5.41, 5.74) is 4.15. The lowest BCUT2D eigenvalue weighted by Crippen LogP contribution is -2.29. The molecule has 2 aromatic rings. The molecule has 7 nitrogen and oxygen atoms in total. The molecule has 0 aromatic heterocycles. The van der Waals surface area contributed by atoms with Crippen molar-refractivity contribution in [2.75, 3.05) is 27.9 Å². The van der Waals surface area contributed by atoms with E-state index < -0.39 is 0 Å². The van der Waals surface area contributed by atoms with Crippen LogP contribution in [0.3, 0.4) is 0 Å². The van der Waals surface area contributed by atoms with E-state index in [1.54, 1.807) is 20.2 Å². The van der Waals surface area contributed by atoms with Gasteiger partial charge in [-0.3, -0.25) is 4.79 Å². The molecule has 7 heteroatoms. The smallest absolute Gasteiger partial charge is 0.273 e. The molecule has 0 aliphatic carbocycles. The number of carbonyl (C=O) groups is 1. The Morgan fingerprint density at radius 2 is 1.79 bits per heavy atom. The minimum absolute atomic E-state index is 0.168. The quantitative estimate of drug-likeness (QED) is 0.533. The van der Waals surface area contributed by atoms with Crippen molar-refractivity contribution in [1.29, 1.82) is 0 Å². The highest BCUT2D eigenvalue weighted by molar-refractivity contribution is 6.45. The minimum Gasteiger partial charge on any atom is -0.398 e. The number of likely N-dealkylation sites (N-methyl/N-ethyl adjacent to an activating group) is 1. The average molecular weight is 383 g/mol. The van der Waals surface area contributed by atoms with Gasteiger partial charge < -0.3 is 19.7 Å². The molecule has 0 atom stereocenters. The number of hydrogen-bond acceptors (Lipinski definition) is 6. The van der Waals surface area contributed by atoms with Crippen LogP contribution in [-0.2, 0) is 25.8 Å². The van der Waals surface area contributed by atoms with Gasteiger partial charge in [0, 0.05) is 30.8 Å². The first kappa shape index (κ1) is 21.1. The highest BCUT2D eigenvalue weighted by atomic mass is 16.6. The maximum Gasteiger partial charge on any atom is 0.273 e. The first-order valence-corrected chi connectivity index (χ1v) is 8.77. The first-order chi connectivity index (χ1) is 13.6. The number of ether oxygens (including phenoxy) is 1. The van der Waals surface area contributed by atoms with Gasteiger partial charge in [-0.05, 0) is 12.5 Å². The van der Waals surface area contributed by atoms with Crippen LogP contribution in [0.4, 0.5) is 0 Å². The summed E-state index contributed by atoms with van der Waals surface area (Å²) >= 11 is 0. The molecular weight excluding hydrogens is 358 g/mol. The van der Waals surface area contributed by atoms with Crippen LogP contribution in [0, 0.1) is 6.92 Å². The van der Waals surface area contributed by atoms with E-state index in [2.05, 4.69) is 15.6 Å². The van der Waals surface area contributed by atoms with Gasteiger partial charge in [0.05, 0.1) is 6.61 Å². The van der Waals surface area contributed by atoms with Crippen LogP contribution < -0.4 is 5.32 Å². The Kier molecular flexibility index (Phi) is 8.17. The monoisotopic (exact) mass is 383 g/mol. The van der Waals surface area contributed by atoms with E-state index in [4.69, 9.17) is 14.4 Å². The molecule has 0 fully saturated rings. The molecule has 0 heterocycles. The van der Waals surface area contributed by atoms with Crippen molar-refractivity contribution < 1.29 is 19.2 Å². The van der Waals surface area contributed by atoms with Crippen molar-refractivity contribution >= 4 is 17.3 Å². The molecular formula is C21H25N3O4. The lowest BCUT2D eigenvalue weighted by atomic mass is 9.98. The Balaban J connectivity index is 2.31. The molecule has 0 radical (unpaired) electrons. The third kappa shape index (κ3) is 5.40. The zero-order valence-corrected chi connectivity index (χ0v) is 16.6. The first-order valence-electron chi connectivity index (χ1n) is 8.77. The number of nitrogens with one attached hydrogen (secondary N) is 1. The van der Waals surface area contributed by atoms with Gasteiger partial charge >= 0.3 is 0 Å². The Hall–Kier alpha value is -3.19. The predicted molar refractivity (Wildman–Crippen MR) is 108 cm³/mol. The van der Waals surface area contributed by atoms with Crippen molar-refractivity contribution in [3.63, 3.8) is 0 Å². The number of oxime groups is 2. The molecule has 28 heavy (non-hydrogen) atoms. The largest absolute Gasteiger partial charge is 0.398 e. The summed E-state index contributed by atoms with van der Waals surface area (Å²) < 4.78 is 5.23. The van der Waals surface area contributed by atoms with Gasteiger partial charge in [-0.2, -0.15) is 0 Å². The molecule has 1 amide bonds. The van der Waals surface area contributed by atoms with Gasteiger partial charge in [0.1, 0.15) is 19.4 Å². The number of hydrogen-bond donors (Lipinski definition) is 1. The molecule has 1 N–H and O–H groups in total. The van der Waals surface area contributed by atoms with Crippen LogP contribution in [0.15, 0.2) is 58.8 Å². The van der Waals surface area contributed by atoms with E-state index in [1.165, 1.54) is 7.11 Å². The number of rotatable bonds is 9. The molecule has 0 saturated carbocycles. The molecule has 0 aliphatic heterocycles. The maximum absolute atomic E-state index is 12.2. The predicted octanol–water partition coefficient (Wildman–Crippen LogP) is 2.66. The zero-order valence-electron chi connectivity index (χ0n) is 16.6. The van der Waals surface area contributed by atoms with Gasteiger partial charge in [0.15, 0.2) is 5.71 Å². The number of methoxy groups -OCH3 is 1. The van der Waals surface area contributed by atoms with Crippen LogP contribution in [0.2, 0.25) is 0 Å². The van der Waals surface area contributed by atoms with E-state index in [9.17, 15) is 4.79 Å². The Morgan fingerprint density at radius 1 is 1.04 bits per heavy atom. The zero-order chi connectivity index (χ0) is 20.4. The van der Waals surface area contributed by atoms with Crippen molar-refractivity contribution in [3.8, 4) is 0 Å². The number of carbonyl (C=O) groups excluding carboxylic acids is 1. The van der Waals surface area contributed by atoms with Crippen molar-refractivity contribution in [3.05, 3.63) is 70.8 Å². The van der Waals surface area contributed by atoms with Crippen molar-refractivity contribution in [1.82, 2.24) is 5.32 Å². The SMILES string of the molecule is CNC(=O)/C(=N/OC)c1cccc(C)c1CO/N=C(\COC)c1ccccc1. The standard InChI is InChI=1S/C21H25N3O4/c1-15-9-8-12-17(20(24-27-4)21(25)22-2)18(15)13-28-23-19(14-26-3)16-10-6-5-7-11-16/h5-12H,13-14H2,1-4H3,(H,22,25)/b23-19+,24-20+. The summed E-state index contributed by atoms with van der Waals surface area (Å²) in [4.78, 5) is 22.7. The number of benzene rings is 2. The molecule has 0 saturated heterocycles. The maximum atomic E-state index is 12.2. The van der Waals surface area contributed by atoms with Gasteiger partial charge in [0.2, 0.25) is 0 Å². The van der Waals surface area contributed by atoms with E-state index in [1.807, 2.05) is 49.4 Å². The summed E-state index contributed by atoms with van der Waals surface area (Å²) in [5.74, 6) is -0.346. The summed E-state index contributed by atoms with van der Waals surface area (Å²) in [7, 11) is 4.55. The minimum atomic E-state index is -0.346. The highest BCUT2D eigenvalue weighted by Gasteiger charge is 2.19. The lowest BCUT2D eigenvalue weighted by molar-refractivity contribution is -0.114. The van der Waals surface area contributed by atoms with Crippen LogP contribution in [-0.4, -0.2) is 45.2 Å². The lowest BCUT2D eigenvalue weighted by Gasteiger charge is -2.13. The topological polar surface area (TPSA) is 81.5 Å². The van der Waals surface area contributed by atoms with Crippen LogP contribution in [0.25, 0.3) is 0 Å². The third-order valence-corrected chi connectivity index (χ3v) is 4.06. The second-order valence-corrected chi connectivity index (χ2v) is 5.91. The number of nitrogens with zero attached hydrogens (tertiary/aromatic N) is 2. The second kappa shape index (κ2) is 10.8. The van der Waals surface area contributed by atoms with Gasteiger partial charge in [-0.15, -0.1) is 0 Å². The average Bonchev–Trinajstić information content (AvgIpc) is 2.72. The molecule has 2 aromatic carbocycles. The molecule has 2 rings (SSSR count). The fourth-order valence-electron chi connectivity index (χ4n) is 2.64. The van der Waals surface area contributed by atoms with E-state index in [0.29, 0.717) is 17.9 Å². The Labute approximate surface area is 165 Å². The summed E-state index contributed by atoms with van der Waals surface area (Å²) in [5, 5.41) is 10.7. The second-order valence-electron chi connectivity index (χ2n) is 5.91. The summed E-state index contributed by atoms with van der Waals surface area (Å²) in [6, 6.07) is 15.3. The van der Waals surface area contributed by atoms with Gasteiger partial charge in [0.25, 0.3) is 5.91 Å². The molecule has 0 spiro atoms. The van der Waals surface area contributed by atoms with E-state index in [-0.39, 0.29) is 18.2 Å². The molecule has 0 aliphatic rings. The summed E-state index contributed by atoms with van der Waals surface area (Å²) in [6.07, 6.45) is 0. The third-order valence-electron chi connectivity index (χ3n) is 4.06. The van der Waals surface area contributed by atoms with Gasteiger partial charge in [-0.25, -0.2) is 0 Å². The molecule has 0 bridgehead atoms. The number of aryl methyl sites for hydroxylation is 1. The van der Waals surface area contributed by atoms with E-state index in [0.717, 1.165) is 16.7 Å². The Bertz CT molecular complexity index is 848. The fourth-order valence-corrected chi connectivity index (χ4v) is 2.64. The van der Waals surface area contributed by atoms with Gasteiger partial charge in [-0.1, -0.05) is 58.8 Å².